The molecular weight excluding hydrogens is 332 g/mol. The van der Waals surface area contributed by atoms with Crippen LogP contribution in [0.5, 0.6) is 0 Å². The number of carbonyl (C=O) groups excluding carboxylic acids is 3. The second-order valence-electron chi connectivity index (χ2n) is 4.89. The summed E-state index contributed by atoms with van der Waals surface area (Å²) in [6.07, 6.45) is 0. The Labute approximate surface area is 123 Å². The van der Waals surface area contributed by atoms with Crippen LogP contribution in [0.4, 0.5) is 0 Å². The predicted molar refractivity (Wildman–Crippen MR) is 75.0 cm³/mol. The molecule has 1 aliphatic rings. The van der Waals surface area contributed by atoms with E-state index >= 15 is 0 Å². The first-order chi connectivity index (χ1) is 8.73. The average molecular weight is 345 g/mol. The van der Waals surface area contributed by atoms with E-state index in [4.69, 9.17) is 0 Å². The number of imide groups is 1. The van der Waals surface area contributed by atoms with E-state index in [1.807, 2.05) is 6.92 Å². The Bertz CT molecular complexity index is 560. The highest BCUT2D eigenvalue weighted by atomic mass is 79.9. The minimum absolute atomic E-state index is 0.105. The number of rotatable bonds is 1. The van der Waals surface area contributed by atoms with E-state index in [0.29, 0.717) is 4.88 Å². The van der Waals surface area contributed by atoms with Gasteiger partial charge in [0, 0.05) is 0 Å². The maximum atomic E-state index is 12.5. The maximum Gasteiger partial charge on any atom is 0.265 e. The van der Waals surface area contributed by atoms with Crippen LogP contribution < -0.4 is 5.32 Å². The molecule has 1 aliphatic heterocycles. The van der Waals surface area contributed by atoms with Gasteiger partial charge in [0.15, 0.2) is 0 Å². The lowest BCUT2D eigenvalue weighted by molar-refractivity contribution is -0.143. The monoisotopic (exact) mass is 344 g/mol. The highest BCUT2D eigenvalue weighted by molar-refractivity contribution is 9.11. The zero-order valence-electron chi connectivity index (χ0n) is 10.7. The van der Waals surface area contributed by atoms with Gasteiger partial charge in [-0.25, -0.2) is 0 Å². The minimum atomic E-state index is -1.03. The van der Waals surface area contributed by atoms with E-state index in [9.17, 15) is 14.4 Å². The highest BCUT2D eigenvalue weighted by Crippen LogP contribution is 2.30. The molecule has 5 nitrogen and oxygen atoms in total. The quantitative estimate of drug-likeness (QED) is 0.788. The van der Waals surface area contributed by atoms with Crippen molar-refractivity contribution >= 4 is 45.0 Å². The Morgan fingerprint density at radius 3 is 2.63 bits per heavy atom. The molecule has 0 bridgehead atoms. The van der Waals surface area contributed by atoms with Crippen molar-refractivity contribution in [2.75, 3.05) is 6.54 Å². The number of halogens is 1. The SMILES string of the molecule is Cc1cc(C(=O)N2CC(=O)NC(=O)C2(C)C)sc1Br. The van der Waals surface area contributed by atoms with Gasteiger partial charge in [-0.1, -0.05) is 0 Å². The van der Waals surface area contributed by atoms with Crippen LogP contribution in [-0.4, -0.2) is 34.7 Å². The van der Waals surface area contributed by atoms with E-state index in [1.54, 1.807) is 19.9 Å². The lowest BCUT2D eigenvalue weighted by Crippen LogP contribution is -2.65. The summed E-state index contributed by atoms with van der Waals surface area (Å²) < 4.78 is 0.876. The van der Waals surface area contributed by atoms with Gasteiger partial charge in [-0.05, 0) is 48.3 Å². The number of nitrogens with one attached hydrogen (secondary N) is 1. The van der Waals surface area contributed by atoms with Gasteiger partial charge in [0.2, 0.25) is 5.91 Å². The molecular formula is C12H13BrN2O3S. The van der Waals surface area contributed by atoms with Gasteiger partial charge in [-0.2, -0.15) is 0 Å². The molecule has 2 heterocycles. The molecule has 3 amide bonds. The third kappa shape index (κ3) is 2.44. The Morgan fingerprint density at radius 1 is 1.47 bits per heavy atom. The average Bonchev–Trinajstić information content (AvgIpc) is 2.64. The molecule has 0 radical (unpaired) electrons. The fourth-order valence-corrected chi connectivity index (χ4v) is 3.29. The van der Waals surface area contributed by atoms with Gasteiger partial charge < -0.3 is 4.90 Å². The molecule has 19 heavy (non-hydrogen) atoms. The second-order valence-corrected chi connectivity index (χ2v) is 7.27. The van der Waals surface area contributed by atoms with Gasteiger partial charge in [0.05, 0.1) is 8.66 Å². The largest absolute Gasteiger partial charge is 0.314 e. The summed E-state index contributed by atoms with van der Waals surface area (Å²) in [5.74, 6) is -1.21. The Morgan fingerprint density at radius 2 is 2.11 bits per heavy atom. The summed E-state index contributed by atoms with van der Waals surface area (Å²) in [5.41, 5.74) is -0.0750. The van der Waals surface area contributed by atoms with Crippen molar-refractivity contribution in [2.24, 2.45) is 0 Å². The zero-order chi connectivity index (χ0) is 14.4. The first-order valence-corrected chi connectivity index (χ1v) is 7.26. The van der Waals surface area contributed by atoms with Crippen molar-refractivity contribution in [1.82, 2.24) is 10.2 Å². The number of amides is 3. The summed E-state index contributed by atoms with van der Waals surface area (Å²) in [5, 5.41) is 2.24. The van der Waals surface area contributed by atoms with Crippen LogP contribution in [0.15, 0.2) is 9.85 Å². The predicted octanol–water partition coefficient (Wildman–Crippen LogP) is 1.70. The van der Waals surface area contributed by atoms with Crippen molar-refractivity contribution in [1.29, 1.82) is 0 Å². The van der Waals surface area contributed by atoms with Crippen LogP contribution >= 0.6 is 27.3 Å². The van der Waals surface area contributed by atoms with Crippen LogP contribution in [-0.2, 0) is 9.59 Å². The molecule has 0 aliphatic carbocycles. The lowest BCUT2D eigenvalue weighted by Gasteiger charge is -2.39. The zero-order valence-corrected chi connectivity index (χ0v) is 13.1. The van der Waals surface area contributed by atoms with Crippen molar-refractivity contribution < 1.29 is 14.4 Å². The number of carbonyl (C=O) groups is 3. The van der Waals surface area contributed by atoms with Crippen LogP contribution in [0, 0.1) is 6.92 Å². The molecule has 0 spiro atoms. The standard InChI is InChI=1S/C12H13BrN2O3S/c1-6-4-7(19-9(6)13)10(17)15-5-8(16)14-11(18)12(15,2)3/h4H,5H2,1-3H3,(H,14,16,18). The number of hydrogen-bond donors (Lipinski definition) is 1. The van der Waals surface area contributed by atoms with Crippen LogP contribution in [0.3, 0.4) is 0 Å². The third-order valence-corrected chi connectivity index (χ3v) is 5.22. The summed E-state index contributed by atoms with van der Waals surface area (Å²) in [6.45, 7) is 5.03. The second kappa shape index (κ2) is 4.72. The molecule has 1 aromatic rings. The first kappa shape index (κ1) is 14.2. The molecule has 102 valence electrons. The molecule has 2 rings (SSSR count). The number of thiophene rings is 1. The number of hydrogen-bond acceptors (Lipinski definition) is 4. The summed E-state index contributed by atoms with van der Waals surface area (Å²) in [4.78, 5) is 37.5. The fourth-order valence-electron chi connectivity index (χ4n) is 1.81. The van der Waals surface area contributed by atoms with E-state index in [-0.39, 0.29) is 12.5 Å². The van der Waals surface area contributed by atoms with Crippen molar-refractivity contribution in [3.05, 3.63) is 20.3 Å². The van der Waals surface area contributed by atoms with Gasteiger partial charge in [0.25, 0.3) is 11.8 Å². The van der Waals surface area contributed by atoms with Crippen LogP contribution in [0.1, 0.15) is 29.1 Å². The Balaban J connectivity index is 2.36. The normalized spacial score (nSPS) is 18.4. The number of nitrogens with zero attached hydrogens (tertiary/aromatic N) is 1. The fraction of sp³-hybridized carbons (Fsp3) is 0.417. The summed E-state index contributed by atoms with van der Waals surface area (Å²) in [6, 6.07) is 1.75. The molecule has 0 saturated carbocycles. The number of aryl methyl sites for hydroxylation is 1. The van der Waals surface area contributed by atoms with Gasteiger partial charge >= 0.3 is 0 Å². The van der Waals surface area contributed by atoms with Crippen molar-refractivity contribution in [2.45, 2.75) is 26.3 Å². The minimum Gasteiger partial charge on any atom is -0.314 e. The number of piperazine rings is 1. The molecule has 7 heteroatoms. The van der Waals surface area contributed by atoms with E-state index in [0.717, 1.165) is 9.35 Å². The Hall–Kier alpha value is -1.21. The summed E-state index contributed by atoms with van der Waals surface area (Å²) in [7, 11) is 0. The first-order valence-electron chi connectivity index (χ1n) is 5.65. The molecule has 1 aromatic heterocycles. The van der Waals surface area contributed by atoms with Crippen LogP contribution in [0.2, 0.25) is 0 Å². The van der Waals surface area contributed by atoms with E-state index in [1.165, 1.54) is 16.2 Å². The lowest BCUT2D eigenvalue weighted by atomic mass is 9.98. The smallest absolute Gasteiger partial charge is 0.265 e. The van der Waals surface area contributed by atoms with Gasteiger partial charge in [0.1, 0.15) is 12.1 Å². The van der Waals surface area contributed by atoms with Crippen LogP contribution in [0.25, 0.3) is 0 Å². The Kier molecular flexibility index (Phi) is 3.53. The topological polar surface area (TPSA) is 66.5 Å². The molecule has 1 fully saturated rings. The molecule has 0 aromatic carbocycles. The molecule has 1 saturated heterocycles. The molecule has 0 unspecified atom stereocenters. The molecule has 1 N–H and O–H groups in total. The molecule has 0 atom stereocenters. The van der Waals surface area contributed by atoms with Gasteiger partial charge in [-0.15, -0.1) is 11.3 Å². The van der Waals surface area contributed by atoms with Crippen molar-refractivity contribution in [3.8, 4) is 0 Å². The van der Waals surface area contributed by atoms with E-state index in [2.05, 4.69) is 21.2 Å². The van der Waals surface area contributed by atoms with Gasteiger partial charge in [-0.3, -0.25) is 19.7 Å². The van der Waals surface area contributed by atoms with Crippen molar-refractivity contribution in [3.63, 3.8) is 0 Å². The highest BCUT2D eigenvalue weighted by Gasteiger charge is 2.44. The summed E-state index contributed by atoms with van der Waals surface area (Å²) >= 11 is 4.66. The maximum absolute atomic E-state index is 12.5. The van der Waals surface area contributed by atoms with E-state index < -0.39 is 17.4 Å². The third-order valence-electron chi connectivity index (χ3n) is 3.10.